The summed E-state index contributed by atoms with van der Waals surface area (Å²) in [6.45, 7) is 2.12. The van der Waals surface area contributed by atoms with Gasteiger partial charge in [-0.1, -0.05) is 5.10 Å². The summed E-state index contributed by atoms with van der Waals surface area (Å²) in [5.41, 5.74) is -0.531. The lowest BCUT2D eigenvalue weighted by Crippen LogP contribution is -2.38. The Labute approximate surface area is 116 Å². The Morgan fingerprint density at radius 3 is 2.86 bits per heavy atom. The number of tetrazole rings is 1. The van der Waals surface area contributed by atoms with Crippen LogP contribution in [0.1, 0.15) is 28.3 Å². The topological polar surface area (TPSA) is 77.1 Å². The molecule has 7 nitrogen and oxygen atoms in total. The molecule has 0 radical (unpaired) electrons. The van der Waals surface area contributed by atoms with Crippen molar-refractivity contribution in [3.63, 3.8) is 0 Å². The van der Waals surface area contributed by atoms with Crippen LogP contribution in [0.2, 0.25) is 0 Å². The summed E-state index contributed by atoms with van der Waals surface area (Å²) >= 11 is 0. The molecule has 1 amide bonds. The molecule has 112 valence electrons. The Morgan fingerprint density at radius 2 is 2.14 bits per heavy atom. The molecule has 21 heavy (non-hydrogen) atoms. The highest BCUT2D eigenvalue weighted by Gasteiger charge is 2.42. The first-order valence-corrected chi connectivity index (χ1v) is 6.13. The van der Waals surface area contributed by atoms with Crippen molar-refractivity contribution in [1.82, 2.24) is 20.2 Å². The van der Waals surface area contributed by atoms with E-state index in [2.05, 4.69) is 19.9 Å². The van der Waals surface area contributed by atoms with Crippen LogP contribution >= 0.6 is 0 Å². The van der Waals surface area contributed by atoms with Crippen LogP contribution in [0.25, 0.3) is 0 Å². The third-order valence-electron chi connectivity index (χ3n) is 3.09. The lowest BCUT2D eigenvalue weighted by atomic mass is 10.2. The van der Waals surface area contributed by atoms with Crippen molar-refractivity contribution < 1.29 is 22.4 Å². The first kappa shape index (κ1) is 13.6. The number of amides is 1. The van der Waals surface area contributed by atoms with Gasteiger partial charge < -0.3 is 4.42 Å². The number of carbonyl (C=O) groups excluding carboxylic acids is 1. The number of hydrogen-bond acceptors (Lipinski definition) is 5. The number of carbonyl (C=O) groups is 1. The summed E-state index contributed by atoms with van der Waals surface area (Å²) in [7, 11) is 0. The Hall–Kier alpha value is -2.39. The zero-order valence-corrected chi connectivity index (χ0v) is 10.9. The van der Waals surface area contributed by atoms with E-state index in [0.717, 1.165) is 11.0 Å². The maximum absolute atomic E-state index is 12.9. The van der Waals surface area contributed by atoms with Crippen LogP contribution in [0.15, 0.2) is 10.5 Å². The summed E-state index contributed by atoms with van der Waals surface area (Å²) in [4.78, 5) is 13.5. The molecular formula is C11H10F3N5O2. The molecule has 0 aliphatic carbocycles. The predicted molar refractivity (Wildman–Crippen MR) is 62.6 cm³/mol. The lowest BCUT2D eigenvalue weighted by molar-refractivity contribution is -0.153. The van der Waals surface area contributed by atoms with Gasteiger partial charge in [0.15, 0.2) is 0 Å². The maximum Gasteiger partial charge on any atom is 0.450 e. The molecule has 1 aliphatic heterocycles. The van der Waals surface area contributed by atoms with Gasteiger partial charge in [0.1, 0.15) is 5.76 Å². The largest absolute Gasteiger partial charge is 0.456 e. The third-order valence-corrected chi connectivity index (χ3v) is 3.09. The molecule has 10 heteroatoms. The van der Waals surface area contributed by atoms with Crippen molar-refractivity contribution in [2.75, 3.05) is 11.4 Å². The van der Waals surface area contributed by atoms with Gasteiger partial charge >= 0.3 is 6.18 Å². The molecule has 2 aromatic rings. The smallest absolute Gasteiger partial charge is 0.450 e. The van der Waals surface area contributed by atoms with E-state index in [-0.39, 0.29) is 18.3 Å². The van der Waals surface area contributed by atoms with E-state index in [0.29, 0.717) is 13.0 Å². The molecule has 0 bridgehead atoms. The maximum atomic E-state index is 12.9. The number of nitrogens with zero attached hydrogens (tertiary/aromatic N) is 5. The number of aromatic nitrogens is 4. The minimum atomic E-state index is -4.74. The Bertz CT molecular complexity index is 690. The Kier molecular flexibility index (Phi) is 2.96. The van der Waals surface area contributed by atoms with Gasteiger partial charge in [-0.2, -0.15) is 13.2 Å². The van der Waals surface area contributed by atoms with Crippen molar-refractivity contribution in [3.8, 4) is 0 Å². The van der Waals surface area contributed by atoms with Crippen LogP contribution in [0, 0.1) is 6.92 Å². The molecule has 2 aromatic heterocycles. The van der Waals surface area contributed by atoms with Gasteiger partial charge in [-0.05, 0) is 29.8 Å². The highest BCUT2D eigenvalue weighted by Crippen LogP contribution is 2.35. The second-order valence-electron chi connectivity index (χ2n) is 4.61. The van der Waals surface area contributed by atoms with E-state index < -0.39 is 23.4 Å². The average Bonchev–Trinajstić information content (AvgIpc) is 3.02. The predicted octanol–water partition coefficient (Wildman–Crippen LogP) is 1.64. The van der Waals surface area contributed by atoms with Gasteiger partial charge in [0.25, 0.3) is 11.9 Å². The van der Waals surface area contributed by atoms with E-state index in [9.17, 15) is 18.0 Å². The molecule has 0 N–H and O–H groups in total. The third kappa shape index (κ3) is 2.26. The molecule has 0 spiro atoms. The van der Waals surface area contributed by atoms with Crippen LogP contribution in [0.3, 0.4) is 0 Å². The van der Waals surface area contributed by atoms with Crippen molar-refractivity contribution in [2.24, 2.45) is 0 Å². The van der Waals surface area contributed by atoms with Crippen molar-refractivity contribution in [1.29, 1.82) is 0 Å². The number of fused-ring (bicyclic) bond motifs is 1. The van der Waals surface area contributed by atoms with Crippen LogP contribution in [-0.2, 0) is 12.7 Å². The Balaban J connectivity index is 2.02. The minimum absolute atomic E-state index is 0.0160. The molecule has 0 saturated carbocycles. The zero-order valence-electron chi connectivity index (χ0n) is 10.9. The van der Waals surface area contributed by atoms with Gasteiger partial charge in [0.2, 0.25) is 5.76 Å². The van der Waals surface area contributed by atoms with E-state index in [1.165, 1.54) is 11.6 Å². The fourth-order valence-electron chi connectivity index (χ4n) is 2.24. The molecule has 3 heterocycles. The lowest BCUT2D eigenvalue weighted by Gasteiger charge is -2.25. The van der Waals surface area contributed by atoms with E-state index in [1.807, 2.05) is 0 Å². The highest BCUT2D eigenvalue weighted by molar-refractivity contribution is 6.06. The molecule has 1 aliphatic rings. The Morgan fingerprint density at radius 1 is 1.38 bits per heavy atom. The number of aryl methyl sites for hydroxylation is 2. The van der Waals surface area contributed by atoms with Gasteiger partial charge in [-0.15, -0.1) is 0 Å². The summed E-state index contributed by atoms with van der Waals surface area (Å²) in [6.07, 6.45) is -4.18. The molecule has 0 aromatic carbocycles. The number of rotatable bonds is 1. The summed E-state index contributed by atoms with van der Waals surface area (Å²) in [6, 6.07) is 1.08. The fourth-order valence-corrected chi connectivity index (χ4v) is 2.24. The monoisotopic (exact) mass is 301 g/mol. The highest BCUT2D eigenvalue weighted by atomic mass is 19.4. The second-order valence-corrected chi connectivity index (χ2v) is 4.61. The molecule has 3 rings (SSSR count). The van der Waals surface area contributed by atoms with Gasteiger partial charge in [0.05, 0.1) is 5.56 Å². The van der Waals surface area contributed by atoms with E-state index in [1.54, 1.807) is 0 Å². The fraction of sp³-hybridized carbons (Fsp3) is 0.455. The second kappa shape index (κ2) is 4.57. The summed E-state index contributed by atoms with van der Waals surface area (Å²) < 4.78 is 44.8. The summed E-state index contributed by atoms with van der Waals surface area (Å²) in [5.74, 6) is -1.97. The molecule has 0 saturated heterocycles. The molecule has 0 atom stereocenters. The van der Waals surface area contributed by atoms with E-state index in [4.69, 9.17) is 0 Å². The molecular weight excluding hydrogens is 291 g/mol. The number of alkyl halides is 3. The van der Waals surface area contributed by atoms with Gasteiger partial charge in [-0.3, -0.25) is 9.69 Å². The van der Waals surface area contributed by atoms with Crippen molar-refractivity contribution in [3.05, 3.63) is 23.2 Å². The minimum Gasteiger partial charge on any atom is -0.456 e. The van der Waals surface area contributed by atoms with Gasteiger partial charge in [-0.25, -0.2) is 4.68 Å². The summed E-state index contributed by atoms with van der Waals surface area (Å²) in [5, 5.41) is 10.8. The zero-order chi connectivity index (χ0) is 15.2. The van der Waals surface area contributed by atoms with Crippen LogP contribution in [-0.4, -0.2) is 32.7 Å². The van der Waals surface area contributed by atoms with Crippen molar-refractivity contribution in [2.45, 2.75) is 26.1 Å². The quantitative estimate of drug-likeness (QED) is 0.800. The van der Waals surface area contributed by atoms with Crippen LogP contribution in [0.5, 0.6) is 0 Å². The SMILES string of the molecule is Cc1cc(C(=O)N2CCCn3nnnc32)c(C(F)(F)F)o1. The normalized spacial score (nSPS) is 15.1. The molecule has 0 unspecified atom stereocenters. The van der Waals surface area contributed by atoms with Crippen molar-refractivity contribution >= 4 is 11.9 Å². The average molecular weight is 301 g/mol. The standard InChI is InChI=1S/C11H10F3N5O2/c1-6-5-7(8(21-6)11(12,13)14)9(20)18-3-2-4-19-10(18)15-16-17-19/h5H,2-4H2,1H3. The molecule has 0 fully saturated rings. The number of halogens is 3. The van der Waals surface area contributed by atoms with Crippen LogP contribution in [0.4, 0.5) is 19.1 Å². The van der Waals surface area contributed by atoms with E-state index >= 15 is 0 Å². The number of anilines is 1. The first-order chi connectivity index (χ1) is 9.88. The first-order valence-electron chi connectivity index (χ1n) is 6.13. The van der Waals surface area contributed by atoms with Gasteiger partial charge in [0, 0.05) is 13.1 Å². The van der Waals surface area contributed by atoms with Crippen LogP contribution < -0.4 is 4.90 Å². The number of furan rings is 1. The number of hydrogen-bond donors (Lipinski definition) is 0.